The van der Waals surface area contributed by atoms with Gasteiger partial charge in [0.25, 0.3) is 0 Å². The molecule has 1 fully saturated rings. The quantitative estimate of drug-likeness (QED) is 0.931. The second-order valence-corrected chi connectivity index (χ2v) is 7.14. The van der Waals surface area contributed by atoms with Crippen LogP contribution in [0, 0.1) is 12.3 Å². The van der Waals surface area contributed by atoms with Crippen LogP contribution in [0.25, 0.3) is 0 Å². The molecule has 5 heteroatoms. The van der Waals surface area contributed by atoms with Gasteiger partial charge in [-0.25, -0.2) is 0 Å². The van der Waals surface area contributed by atoms with E-state index in [0.717, 1.165) is 24.8 Å². The first kappa shape index (κ1) is 14.0. The molecular formula is C15H24N4S. The van der Waals surface area contributed by atoms with Crippen LogP contribution in [-0.4, -0.2) is 33.8 Å². The molecule has 0 bridgehead atoms. The molecule has 0 amide bonds. The summed E-state index contributed by atoms with van der Waals surface area (Å²) in [5.41, 5.74) is 1.74. The lowest BCUT2D eigenvalue weighted by atomic mass is 9.75. The van der Waals surface area contributed by atoms with Crippen LogP contribution in [0.2, 0.25) is 0 Å². The van der Waals surface area contributed by atoms with Crippen molar-refractivity contribution in [3.63, 3.8) is 0 Å². The van der Waals surface area contributed by atoms with Crippen molar-refractivity contribution < 1.29 is 0 Å². The van der Waals surface area contributed by atoms with Gasteiger partial charge in [0.2, 0.25) is 0 Å². The molecule has 20 heavy (non-hydrogen) atoms. The van der Waals surface area contributed by atoms with Gasteiger partial charge in [-0.1, -0.05) is 31.0 Å². The summed E-state index contributed by atoms with van der Waals surface area (Å²) in [6.45, 7) is 4.91. The Labute approximate surface area is 125 Å². The maximum absolute atomic E-state index is 4.78. The smallest absolute Gasteiger partial charge is 0.156 e. The summed E-state index contributed by atoms with van der Waals surface area (Å²) in [5, 5.41) is 8.88. The predicted molar refractivity (Wildman–Crippen MR) is 85.2 cm³/mol. The van der Waals surface area contributed by atoms with Crippen LogP contribution < -0.4 is 5.32 Å². The number of amidine groups is 1. The summed E-state index contributed by atoms with van der Waals surface area (Å²) < 4.78 is 1.99. The van der Waals surface area contributed by atoms with Crippen LogP contribution in [0.15, 0.2) is 17.4 Å². The minimum absolute atomic E-state index is 0.521. The van der Waals surface area contributed by atoms with Crippen LogP contribution in [0.1, 0.15) is 37.7 Å². The normalized spacial score (nSPS) is 21.8. The highest BCUT2D eigenvalue weighted by molar-refractivity contribution is 8.13. The molecule has 4 nitrogen and oxygen atoms in total. The third-order valence-corrected chi connectivity index (χ3v) is 5.67. The molecule has 0 atom stereocenters. The molecule has 1 aromatic rings. The van der Waals surface area contributed by atoms with Crippen molar-refractivity contribution in [1.82, 2.24) is 15.1 Å². The monoisotopic (exact) mass is 292 g/mol. The molecule has 110 valence electrons. The number of hydrogen-bond donors (Lipinski definition) is 1. The van der Waals surface area contributed by atoms with Gasteiger partial charge in [-0.2, -0.15) is 5.10 Å². The summed E-state index contributed by atoms with van der Waals surface area (Å²) in [5.74, 6) is 1.25. The third kappa shape index (κ3) is 3.37. The van der Waals surface area contributed by atoms with E-state index in [4.69, 9.17) is 4.99 Å². The summed E-state index contributed by atoms with van der Waals surface area (Å²) in [6, 6.07) is 0. The Kier molecular flexibility index (Phi) is 4.34. The Morgan fingerprint density at radius 3 is 2.85 bits per heavy atom. The van der Waals surface area contributed by atoms with Gasteiger partial charge in [0.1, 0.15) is 0 Å². The molecule has 2 aliphatic rings. The fourth-order valence-corrected chi connectivity index (χ4v) is 4.31. The van der Waals surface area contributed by atoms with E-state index in [-0.39, 0.29) is 0 Å². The predicted octanol–water partition coefficient (Wildman–Crippen LogP) is 2.83. The topological polar surface area (TPSA) is 42.2 Å². The average Bonchev–Trinajstić information content (AvgIpc) is 2.88. The Bertz CT molecular complexity index is 474. The molecule has 3 rings (SSSR count). The Morgan fingerprint density at radius 2 is 2.20 bits per heavy atom. The standard InChI is InChI=1S/C15H24N4S/c1-13-9-18-19(10-13)8-7-16-14-17-11-15(12-20-14)5-3-2-4-6-15/h9-10H,2-8,11-12H2,1H3,(H,16,17). The summed E-state index contributed by atoms with van der Waals surface area (Å²) in [7, 11) is 0. The lowest BCUT2D eigenvalue weighted by Crippen LogP contribution is -2.37. The summed E-state index contributed by atoms with van der Waals surface area (Å²) in [4.78, 5) is 4.78. The Balaban J connectivity index is 1.45. The van der Waals surface area contributed by atoms with Crippen LogP contribution in [0.3, 0.4) is 0 Å². The van der Waals surface area contributed by atoms with E-state index in [9.17, 15) is 0 Å². The van der Waals surface area contributed by atoms with Crippen LogP contribution in [-0.2, 0) is 6.54 Å². The molecule has 0 saturated heterocycles. The molecule has 1 saturated carbocycles. The molecule has 1 aliphatic carbocycles. The largest absolute Gasteiger partial charge is 0.363 e. The van der Waals surface area contributed by atoms with E-state index in [1.165, 1.54) is 43.4 Å². The average molecular weight is 292 g/mol. The van der Waals surface area contributed by atoms with E-state index in [1.807, 2.05) is 22.6 Å². The number of nitrogens with one attached hydrogen (secondary N) is 1. The summed E-state index contributed by atoms with van der Waals surface area (Å²) >= 11 is 1.92. The highest BCUT2D eigenvalue weighted by Crippen LogP contribution is 2.41. The second-order valence-electron chi connectivity index (χ2n) is 6.18. The number of aromatic nitrogens is 2. The zero-order valence-electron chi connectivity index (χ0n) is 12.3. The Hall–Kier alpha value is -0.970. The van der Waals surface area contributed by atoms with Crippen LogP contribution >= 0.6 is 11.8 Å². The molecule has 1 aliphatic heterocycles. The van der Waals surface area contributed by atoms with Gasteiger partial charge in [0.15, 0.2) is 5.17 Å². The minimum atomic E-state index is 0.521. The van der Waals surface area contributed by atoms with E-state index >= 15 is 0 Å². The molecule has 1 spiro atoms. The first-order valence-electron chi connectivity index (χ1n) is 7.66. The van der Waals surface area contributed by atoms with E-state index in [1.54, 1.807) is 0 Å². The van der Waals surface area contributed by atoms with Gasteiger partial charge in [-0.05, 0) is 30.7 Å². The molecule has 0 radical (unpaired) electrons. The van der Waals surface area contributed by atoms with Crippen molar-refractivity contribution >= 4 is 16.9 Å². The van der Waals surface area contributed by atoms with Crippen molar-refractivity contribution in [2.45, 2.75) is 45.6 Å². The van der Waals surface area contributed by atoms with Gasteiger partial charge in [0.05, 0.1) is 12.7 Å². The number of rotatable bonds is 3. The van der Waals surface area contributed by atoms with Crippen molar-refractivity contribution in [2.75, 3.05) is 18.8 Å². The van der Waals surface area contributed by atoms with Gasteiger partial charge in [0, 0.05) is 25.0 Å². The van der Waals surface area contributed by atoms with Gasteiger partial charge >= 0.3 is 0 Å². The number of aliphatic imine (C=N–C) groups is 1. The molecule has 1 N–H and O–H groups in total. The number of aryl methyl sites for hydroxylation is 1. The van der Waals surface area contributed by atoms with Crippen molar-refractivity contribution in [2.24, 2.45) is 10.4 Å². The summed E-state index contributed by atoms with van der Waals surface area (Å²) in [6.07, 6.45) is 11.0. The lowest BCUT2D eigenvalue weighted by Gasteiger charge is -2.38. The highest BCUT2D eigenvalue weighted by Gasteiger charge is 2.34. The van der Waals surface area contributed by atoms with Gasteiger partial charge < -0.3 is 5.32 Å². The minimum Gasteiger partial charge on any atom is -0.363 e. The molecule has 0 aromatic carbocycles. The maximum atomic E-state index is 4.78. The molecule has 0 unspecified atom stereocenters. The molecular weight excluding hydrogens is 268 g/mol. The lowest BCUT2D eigenvalue weighted by molar-refractivity contribution is 0.232. The van der Waals surface area contributed by atoms with E-state index < -0.39 is 0 Å². The van der Waals surface area contributed by atoms with E-state index in [2.05, 4.69) is 23.5 Å². The molecule has 1 aromatic heterocycles. The number of hydrogen-bond acceptors (Lipinski definition) is 4. The first-order chi connectivity index (χ1) is 9.76. The molecule has 2 heterocycles. The number of thioether (sulfide) groups is 1. The zero-order valence-corrected chi connectivity index (χ0v) is 13.1. The van der Waals surface area contributed by atoms with Crippen molar-refractivity contribution in [3.8, 4) is 0 Å². The van der Waals surface area contributed by atoms with Gasteiger partial charge in [-0.3, -0.25) is 9.67 Å². The fourth-order valence-electron chi connectivity index (χ4n) is 3.13. The van der Waals surface area contributed by atoms with Crippen LogP contribution in [0.5, 0.6) is 0 Å². The second kappa shape index (κ2) is 6.20. The SMILES string of the molecule is Cc1cnn(CCNC2=NCC3(CCCCC3)CS2)c1. The number of nitrogens with zero attached hydrogens (tertiary/aromatic N) is 3. The van der Waals surface area contributed by atoms with Gasteiger partial charge in [-0.15, -0.1) is 0 Å². The van der Waals surface area contributed by atoms with E-state index in [0.29, 0.717) is 5.41 Å². The maximum Gasteiger partial charge on any atom is 0.156 e. The van der Waals surface area contributed by atoms with Crippen LogP contribution in [0.4, 0.5) is 0 Å². The van der Waals surface area contributed by atoms with Crippen molar-refractivity contribution in [1.29, 1.82) is 0 Å². The highest BCUT2D eigenvalue weighted by atomic mass is 32.2. The fraction of sp³-hybridized carbons (Fsp3) is 0.733. The van der Waals surface area contributed by atoms with Crippen molar-refractivity contribution in [3.05, 3.63) is 18.0 Å². The first-order valence-corrected chi connectivity index (χ1v) is 8.65. The zero-order chi connectivity index (χ0) is 13.8. The Morgan fingerprint density at radius 1 is 1.35 bits per heavy atom. The third-order valence-electron chi connectivity index (χ3n) is 4.37.